The van der Waals surface area contributed by atoms with E-state index in [0.717, 1.165) is 31.4 Å². The topological polar surface area (TPSA) is 77.2 Å². The number of carbonyl (C=O) groups is 1. The van der Waals surface area contributed by atoms with Crippen molar-refractivity contribution in [3.05, 3.63) is 10.6 Å². The first-order valence-corrected chi connectivity index (χ1v) is 7.17. The number of nitrogens with one attached hydrogen (secondary N) is 1. The van der Waals surface area contributed by atoms with Gasteiger partial charge in [-0.2, -0.15) is 0 Å². The molecule has 1 aromatic rings. The maximum atomic E-state index is 11.9. The molecule has 0 saturated carbocycles. The molecule has 2 atom stereocenters. The molecular weight excluding hydrogens is 250 g/mol. The van der Waals surface area contributed by atoms with Crippen LogP contribution in [-0.2, 0) is 22.4 Å². The maximum Gasteiger partial charge on any atom is 0.231 e. The average molecular weight is 267 g/mol. The Morgan fingerprint density at radius 3 is 3.17 bits per heavy atom. The van der Waals surface area contributed by atoms with E-state index < -0.39 is 0 Å². The van der Waals surface area contributed by atoms with Gasteiger partial charge in [-0.1, -0.05) is 0 Å². The van der Waals surface area contributed by atoms with Gasteiger partial charge in [-0.3, -0.25) is 4.79 Å². The Morgan fingerprint density at radius 2 is 2.39 bits per heavy atom. The first kappa shape index (κ1) is 12.1. The molecule has 1 saturated heterocycles. The van der Waals surface area contributed by atoms with Crippen LogP contribution < -0.4 is 11.1 Å². The van der Waals surface area contributed by atoms with Crippen LogP contribution >= 0.6 is 11.3 Å². The van der Waals surface area contributed by atoms with Crippen LogP contribution in [0.15, 0.2) is 0 Å². The van der Waals surface area contributed by atoms with E-state index in [9.17, 15) is 4.79 Å². The molecule has 6 heteroatoms. The minimum absolute atomic E-state index is 0.0202. The van der Waals surface area contributed by atoms with Crippen molar-refractivity contribution in [2.75, 3.05) is 18.5 Å². The lowest BCUT2D eigenvalue weighted by molar-refractivity contribution is -0.119. The van der Waals surface area contributed by atoms with Crippen molar-refractivity contribution in [2.45, 2.75) is 31.7 Å². The van der Waals surface area contributed by atoms with E-state index in [1.807, 2.05) is 0 Å². The molecule has 1 fully saturated rings. The number of nitrogens with two attached hydrogens (primary N) is 1. The van der Waals surface area contributed by atoms with Gasteiger partial charge in [-0.05, 0) is 25.7 Å². The van der Waals surface area contributed by atoms with E-state index in [-0.39, 0.29) is 17.9 Å². The molecule has 0 aromatic carbocycles. The summed E-state index contributed by atoms with van der Waals surface area (Å²) in [5.74, 6) is 0.0103. The molecule has 0 radical (unpaired) electrons. The van der Waals surface area contributed by atoms with Gasteiger partial charge in [0, 0.05) is 17.5 Å². The van der Waals surface area contributed by atoms with Crippen molar-refractivity contribution in [1.29, 1.82) is 0 Å². The van der Waals surface area contributed by atoms with E-state index in [4.69, 9.17) is 10.5 Å². The third-order valence-electron chi connectivity index (χ3n) is 3.51. The number of aryl methyl sites for hydroxylation is 1. The van der Waals surface area contributed by atoms with Crippen molar-refractivity contribution in [2.24, 2.45) is 11.7 Å². The molecule has 3 N–H and O–H groups in total. The maximum absolute atomic E-state index is 11.9. The Hall–Kier alpha value is -0.980. The summed E-state index contributed by atoms with van der Waals surface area (Å²) >= 11 is 1.56. The fourth-order valence-electron chi connectivity index (χ4n) is 2.40. The van der Waals surface area contributed by atoms with Gasteiger partial charge < -0.3 is 15.8 Å². The van der Waals surface area contributed by atoms with E-state index in [1.54, 1.807) is 11.3 Å². The molecule has 1 amide bonds. The highest BCUT2D eigenvalue weighted by molar-refractivity contribution is 7.15. The van der Waals surface area contributed by atoms with Crippen LogP contribution in [0.5, 0.6) is 0 Å². The first-order valence-electron chi connectivity index (χ1n) is 6.35. The number of hydrogen-bond acceptors (Lipinski definition) is 5. The number of anilines is 1. The second kappa shape index (κ2) is 4.95. The van der Waals surface area contributed by atoms with Crippen LogP contribution in [0.25, 0.3) is 0 Å². The van der Waals surface area contributed by atoms with E-state index in [0.29, 0.717) is 18.3 Å². The van der Waals surface area contributed by atoms with Crippen molar-refractivity contribution in [1.82, 2.24) is 4.98 Å². The largest absolute Gasteiger partial charge is 0.381 e. The molecule has 1 unspecified atom stereocenters. The fraction of sp³-hybridized carbons (Fsp3) is 0.667. The van der Waals surface area contributed by atoms with Crippen molar-refractivity contribution in [3.63, 3.8) is 0 Å². The quantitative estimate of drug-likeness (QED) is 0.836. The average Bonchev–Trinajstić information content (AvgIpc) is 2.95. The predicted molar refractivity (Wildman–Crippen MR) is 69.7 cm³/mol. The molecule has 1 aromatic heterocycles. The van der Waals surface area contributed by atoms with Crippen molar-refractivity contribution < 1.29 is 9.53 Å². The number of amides is 1. The van der Waals surface area contributed by atoms with E-state index >= 15 is 0 Å². The predicted octanol–water partition coefficient (Wildman–Crippen LogP) is 0.934. The van der Waals surface area contributed by atoms with Crippen LogP contribution in [0, 0.1) is 5.92 Å². The zero-order valence-electron chi connectivity index (χ0n) is 10.1. The Bertz CT molecular complexity index is 454. The molecule has 5 nitrogen and oxygen atoms in total. The summed E-state index contributed by atoms with van der Waals surface area (Å²) in [5, 5.41) is 3.62. The molecule has 1 aliphatic carbocycles. The third-order valence-corrected chi connectivity index (χ3v) is 4.54. The lowest BCUT2D eigenvalue weighted by atomic mass is 9.99. The summed E-state index contributed by atoms with van der Waals surface area (Å²) in [6.07, 6.45) is 3.60. The number of thiazole rings is 1. The molecular formula is C12H17N3O2S. The van der Waals surface area contributed by atoms with Gasteiger partial charge in [0.2, 0.25) is 5.91 Å². The third kappa shape index (κ3) is 2.41. The summed E-state index contributed by atoms with van der Waals surface area (Å²) in [6.45, 7) is 1.21. The zero-order valence-corrected chi connectivity index (χ0v) is 11.0. The standard InChI is InChI=1S/C12H17N3O2S/c13-8-1-2-9-10(5-8)18-12(14-9)15-11(16)7-3-4-17-6-7/h7-8H,1-6,13H2,(H,14,15,16)/t7?,8-/m0/s1. The second-order valence-corrected chi connectivity index (χ2v) is 6.03. The number of carbonyl (C=O) groups excluding carboxylic acids is 1. The van der Waals surface area contributed by atoms with Crippen LogP contribution in [0.3, 0.4) is 0 Å². The monoisotopic (exact) mass is 267 g/mol. The number of ether oxygens (including phenoxy) is 1. The number of aromatic nitrogens is 1. The second-order valence-electron chi connectivity index (χ2n) is 4.94. The number of hydrogen-bond donors (Lipinski definition) is 2. The molecule has 18 heavy (non-hydrogen) atoms. The lowest BCUT2D eigenvalue weighted by Gasteiger charge is -2.15. The van der Waals surface area contributed by atoms with Gasteiger partial charge in [0.25, 0.3) is 0 Å². The Morgan fingerprint density at radius 1 is 1.50 bits per heavy atom. The zero-order chi connectivity index (χ0) is 12.5. The summed E-state index contributed by atoms with van der Waals surface area (Å²) < 4.78 is 5.22. The van der Waals surface area contributed by atoms with Gasteiger partial charge in [-0.25, -0.2) is 4.98 Å². The molecule has 2 heterocycles. The Kier molecular flexibility index (Phi) is 3.32. The summed E-state index contributed by atoms with van der Waals surface area (Å²) in [7, 11) is 0. The fourth-order valence-corrected chi connectivity index (χ4v) is 3.51. The molecule has 0 spiro atoms. The van der Waals surface area contributed by atoms with E-state index in [1.165, 1.54) is 4.88 Å². The first-order chi connectivity index (χ1) is 8.72. The van der Waals surface area contributed by atoms with Crippen LogP contribution in [0.4, 0.5) is 5.13 Å². The summed E-state index contributed by atoms with van der Waals surface area (Å²) in [6, 6.07) is 0.240. The number of nitrogens with zero attached hydrogens (tertiary/aromatic N) is 1. The Labute approximate surface area is 110 Å². The van der Waals surface area contributed by atoms with Crippen LogP contribution in [0.1, 0.15) is 23.4 Å². The van der Waals surface area contributed by atoms with Crippen molar-refractivity contribution >= 4 is 22.4 Å². The molecule has 3 rings (SSSR count). The minimum atomic E-state index is -0.0202. The molecule has 0 bridgehead atoms. The highest BCUT2D eigenvalue weighted by Gasteiger charge is 2.25. The van der Waals surface area contributed by atoms with Gasteiger partial charge in [0.1, 0.15) is 0 Å². The summed E-state index contributed by atoms with van der Waals surface area (Å²) in [5.41, 5.74) is 7.05. The van der Waals surface area contributed by atoms with Gasteiger partial charge in [0.05, 0.1) is 18.2 Å². The van der Waals surface area contributed by atoms with Gasteiger partial charge in [-0.15, -0.1) is 11.3 Å². The SMILES string of the molecule is N[C@H]1CCc2nc(NC(=O)C3CCOC3)sc2C1. The minimum Gasteiger partial charge on any atom is -0.381 e. The smallest absolute Gasteiger partial charge is 0.231 e. The number of rotatable bonds is 2. The Balaban J connectivity index is 1.68. The van der Waals surface area contributed by atoms with E-state index in [2.05, 4.69) is 10.3 Å². The molecule has 98 valence electrons. The van der Waals surface area contributed by atoms with Crippen LogP contribution in [-0.4, -0.2) is 30.1 Å². The van der Waals surface area contributed by atoms with Crippen LogP contribution in [0.2, 0.25) is 0 Å². The highest BCUT2D eigenvalue weighted by atomic mass is 32.1. The molecule has 2 aliphatic rings. The van der Waals surface area contributed by atoms with Crippen molar-refractivity contribution in [3.8, 4) is 0 Å². The highest BCUT2D eigenvalue weighted by Crippen LogP contribution is 2.29. The lowest BCUT2D eigenvalue weighted by Crippen LogP contribution is -2.27. The van der Waals surface area contributed by atoms with Gasteiger partial charge >= 0.3 is 0 Å². The van der Waals surface area contributed by atoms with Gasteiger partial charge in [0.15, 0.2) is 5.13 Å². The number of fused-ring (bicyclic) bond motifs is 1. The summed E-state index contributed by atoms with van der Waals surface area (Å²) in [4.78, 5) is 17.7. The normalized spacial score (nSPS) is 26.9. The molecule has 1 aliphatic heterocycles.